The van der Waals surface area contributed by atoms with Crippen LogP contribution in [0, 0.1) is 0 Å². The summed E-state index contributed by atoms with van der Waals surface area (Å²) in [5.74, 6) is -0.942. The monoisotopic (exact) mass is 492 g/mol. The van der Waals surface area contributed by atoms with E-state index in [1.807, 2.05) is 0 Å². The lowest BCUT2D eigenvalue weighted by atomic mass is 9.84. The van der Waals surface area contributed by atoms with Crippen LogP contribution in [0.1, 0.15) is 24.3 Å². The van der Waals surface area contributed by atoms with Gasteiger partial charge in [-0.3, -0.25) is 4.79 Å². The first-order valence-electron chi connectivity index (χ1n) is 9.71. The van der Waals surface area contributed by atoms with Crippen molar-refractivity contribution in [2.45, 2.75) is 25.4 Å². The molecule has 1 heterocycles. The molecule has 3 aromatic rings. The summed E-state index contributed by atoms with van der Waals surface area (Å²) < 4.78 is 39.3. The van der Waals surface area contributed by atoms with Gasteiger partial charge in [-0.2, -0.15) is 13.2 Å². The summed E-state index contributed by atoms with van der Waals surface area (Å²) in [6, 6.07) is 17.0. The molecule has 3 rings (SSSR count). The molecule has 0 aliphatic rings. The first-order valence-corrected chi connectivity index (χ1v) is 10.9. The van der Waals surface area contributed by atoms with E-state index in [-0.39, 0.29) is 5.71 Å². The number of aliphatic carboxylic acids is 1. The minimum Gasteiger partial charge on any atom is -0.481 e. The second-order valence-corrected chi connectivity index (χ2v) is 9.21. The van der Waals surface area contributed by atoms with Crippen molar-refractivity contribution >= 4 is 40.3 Å². The van der Waals surface area contributed by atoms with Crippen LogP contribution in [0.4, 0.5) is 18.9 Å². The first kappa shape index (κ1) is 24.5. The summed E-state index contributed by atoms with van der Waals surface area (Å²) in [5.41, 5.74) is 4.71. The van der Waals surface area contributed by atoms with Crippen LogP contribution in [-0.2, 0) is 10.2 Å². The molecule has 3 N–H and O–H groups in total. The smallest absolute Gasteiger partial charge is 0.430 e. The minimum atomic E-state index is -4.70. The number of benzene rings is 2. The molecule has 0 amide bonds. The van der Waals surface area contributed by atoms with E-state index in [9.17, 15) is 23.1 Å². The maximum Gasteiger partial charge on any atom is 0.430 e. The number of halogens is 4. The lowest BCUT2D eigenvalue weighted by Crippen LogP contribution is -2.28. The second-order valence-electron chi connectivity index (χ2n) is 7.72. The molecule has 1 aromatic heterocycles. The van der Waals surface area contributed by atoms with E-state index in [0.29, 0.717) is 21.2 Å². The average molecular weight is 493 g/mol. The summed E-state index contributed by atoms with van der Waals surface area (Å²) in [6.07, 6.45) is -3.91. The maximum atomic E-state index is 13.1. The van der Waals surface area contributed by atoms with Gasteiger partial charge >= 0.3 is 12.1 Å². The Morgan fingerprint density at radius 2 is 1.70 bits per heavy atom. The summed E-state index contributed by atoms with van der Waals surface area (Å²) >= 11 is 7.37. The van der Waals surface area contributed by atoms with Crippen LogP contribution >= 0.6 is 22.9 Å². The van der Waals surface area contributed by atoms with Crippen LogP contribution in [0.3, 0.4) is 0 Å². The topological polar surface area (TPSA) is 75.7 Å². The largest absolute Gasteiger partial charge is 0.481 e. The predicted octanol–water partition coefficient (Wildman–Crippen LogP) is 6.96. The van der Waals surface area contributed by atoms with E-state index in [2.05, 4.69) is 4.99 Å². The number of hydrogen-bond acceptors (Lipinski definition) is 4. The average Bonchev–Trinajstić information content (AvgIpc) is 3.24. The third-order valence-corrected chi connectivity index (χ3v) is 6.47. The molecule has 0 aliphatic heterocycles. The normalized spacial score (nSPS) is 13.3. The standard InChI is InChI=1S/C24H20ClF3N2O2S/c1-23(2,22(31)32)15-9-7-14(8-10-15)19-11-12-20(33-19)18(13-21(29)24(26,27)28)30-17-6-4-3-5-16(17)25/h3-13H,29H2,1-2H3,(H,31,32). The molecule has 0 saturated heterocycles. The van der Waals surface area contributed by atoms with Crippen molar-refractivity contribution in [3.05, 3.63) is 87.9 Å². The van der Waals surface area contributed by atoms with Gasteiger partial charge in [-0.05, 0) is 55.3 Å². The zero-order valence-electron chi connectivity index (χ0n) is 17.7. The molecule has 4 nitrogen and oxygen atoms in total. The van der Waals surface area contributed by atoms with E-state index >= 15 is 0 Å². The minimum absolute atomic E-state index is 0.0257. The van der Waals surface area contributed by atoms with Crippen LogP contribution in [0.2, 0.25) is 5.02 Å². The van der Waals surface area contributed by atoms with Gasteiger partial charge in [-0.15, -0.1) is 11.3 Å². The predicted molar refractivity (Wildman–Crippen MR) is 126 cm³/mol. The third kappa shape index (κ3) is 5.64. The highest BCUT2D eigenvalue weighted by Crippen LogP contribution is 2.33. The Labute approximate surface area is 197 Å². The van der Waals surface area contributed by atoms with Crippen molar-refractivity contribution in [1.29, 1.82) is 0 Å². The van der Waals surface area contributed by atoms with Gasteiger partial charge in [0, 0.05) is 4.88 Å². The summed E-state index contributed by atoms with van der Waals surface area (Å²) in [5, 5.41) is 9.69. The van der Waals surface area contributed by atoms with Gasteiger partial charge in [0.15, 0.2) is 0 Å². The SMILES string of the molecule is CC(C)(C(=O)O)c1ccc(-c2ccc(C(C=C(N)C(F)(F)F)=Nc3ccccc3Cl)s2)cc1. The Morgan fingerprint density at radius 3 is 2.27 bits per heavy atom. The molecule has 0 saturated carbocycles. The molecular weight excluding hydrogens is 473 g/mol. The Kier molecular flexibility index (Phi) is 7.00. The lowest BCUT2D eigenvalue weighted by molar-refractivity contribution is -0.142. The van der Waals surface area contributed by atoms with E-state index in [0.717, 1.165) is 16.5 Å². The fraction of sp³-hybridized carbons (Fsp3) is 0.167. The van der Waals surface area contributed by atoms with Crippen LogP contribution in [0.5, 0.6) is 0 Å². The van der Waals surface area contributed by atoms with Crippen LogP contribution in [0.25, 0.3) is 10.4 Å². The van der Waals surface area contributed by atoms with Gasteiger partial charge in [0.05, 0.1) is 26.7 Å². The highest BCUT2D eigenvalue weighted by molar-refractivity contribution is 7.17. The van der Waals surface area contributed by atoms with Crippen LogP contribution in [0.15, 0.2) is 77.4 Å². The number of alkyl halides is 3. The number of nitrogens with two attached hydrogens (primary N) is 1. The molecule has 0 bridgehead atoms. The molecule has 0 radical (unpaired) electrons. The Morgan fingerprint density at radius 1 is 1.06 bits per heavy atom. The van der Waals surface area contributed by atoms with Crippen LogP contribution in [-0.4, -0.2) is 23.0 Å². The van der Waals surface area contributed by atoms with E-state index in [1.54, 1.807) is 74.5 Å². The van der Waals surface area contributed by atoms with Crippen molar-refractivity contribution in [3.63, 3.8) is 0 Å². The molecule has 0 aliphatic carbocycles. The Bertz CT molecular complexity index is 1230. The fourth-order valence-corrected chi connectivity index (χ4v) is 4.02. The number of carboxylic acids is 1. The number of nitrogens with zero attached hydrogens (tertiary/aromatic N) is 1. The first-order chi connectivity index (χ1) is 15.4. The molecule has 0 spiro atoms. The zero-order chi connectivity index (χ0) is 24.4. The maximum absolute atomic E-state index is 13.1. The van der Waals surface area contributed by atoms with E-state index in [4.69, 9.17) is 17.3 Å². The number of carboxylic acid groups (broad SMARTS) is 1. The molecule has 0 fully saturated rings. The molecule has 0 atom stereocenters. The zero-order valence-corrected chi connectivity index (χ0v) is 19.2. The van der Waals surface area contributed by atoms with Crippen LogP contribution < -0.4 is 5.73 Å². The Hall–Kier alpha value is -3.10. The van der Waals surface area contributed by atoms with Crippen molar-refractivity contribution in [2.75, 3.05) is 0 Å². The van der Waals surface area contributed by atoms with Crippen molar-refractivity contribution in [2.24, 2.45) is 10.7 Å². The number of para-hydroxylation sites is 1. The van der Waals surface area contributed by atoms with E-state index < -0.39 is 23.3 Å². The van der Waals surface area contributed by atoms with Gasteiger partial charge < -0.3 is 10.8 Å². The lowest BCUT2D eigenvalue weighted by Gasteiger charge is -2.19. The fourth-order valence-electron chi connectivity index (χ4n) is 2.87. The molecule has 2 aromatic carbocycles. The molecule has 33 heavy (non-hydrogen) atoms. The molecule has 9 heteroatoms. The van der Waals surface area contributed by atoms with Crippen molar-refractivity contribution in [1.82, 2.24) is 0 Å². The molecular formula is C24H20ClF3N2O2S. The highest BCUT2D eigenvalue weighted by Gasteiger charge is 2.32. The summed E-state index contributed by atoms with van der Waals surface area (Å²) in [7, 11) is 0. The van der Waals surface area contributed by atoms with Crippen molar-refractivity contribution < 1.29 is 23.1 Å². The van der Waals surface area contributed by atoms with Gasteiger partial charge in [0.25, 0.3) is 0 Å². The van der Waals surface area contributed by atoms with E-state index in [1.165, 1.54) is 11.3 Å². The number of thiophene rings is 1. The number of rotatable bonds is 6. The Balaban J connectivity index is 2.02. The van der Waals surface area contributed by atoms with Gasteiger partial charge in [-0.1, -0.05) is 48.0 Å². The number of carbonyl (C=O) groups is 1. The third-order valence-electron chi connectivity index (χ3n) is 5.00. The highest BCUT2D eigenvalue weighted by atomic mass is 35.5. The molecule has 0 unspecified atom stereocenters. The van der Waals surface area contributed by atoms with Gasteiger partial charge in [0.1, 0.15) is 5.70 Å². The van der Waals surface area contributed by atoms with Gasteiger partial charge in [-0.25, -0.2) is 4.99 Å². The van der Waals surface area contributed by atoms with Gasteiger partial charge in [0.2, 0.25) is 0 Å². The second kappa shape index (κ2) is 9.41. The summed E-state index contributed by atoms with van der Waals surface area (Å²) in [4.78, 5) is 17.0. The van der Waals surface area contributed by atoms with Crippen molar-refractivity contribution in [3.8, 4) is 10.4 Å². The quantitative estimate of drug-likeness (QED) is 0.365. The summed E-state index contributed by atoms with van der Waals surface area (Å²) in [6.45, 7) is 3.23. The molecule has 172 valence electrons. The number of hydrogen-bond donors (Lipinski definition) is 2. The number of aliphatic imine (C=N–C) groups is 1. The number of allylic oxidation sites excluding steroid dienone is 2.